The van der Waals surface area contributed by atoms with Gasteiger partial charge in [0.15, 0.2) is 18.1 Å². The number of benzene rings is 2. The van der Waals surface area contributed by atoms with Crippen LogP contribution in [0.3, 0.4) is 0 Å². The lowest BCUT2D eigenvalue weighted by Gasteiger charge is -2.25. The molecule has 0 saturated heterocycles. The SMILES string of the molecule is CCc1cc(CCNCCOc2ccccc2OCC(F)(F)F)cc(C(N)=O)c1N(C)CCCO. The lowest BCUT2D eigenvalue weighted by molar-refractivity contribution is -0.153. The van der Waals surface area contributed by atoms with Crippen LogP contribution >= 0.6 is 0 Å². The summed E-state index contributed by atoms with van der Waals surface area (Å²) in [7, 11) is 1.88. The Morgan fingerprint density at radius 2 is 1.83 bits per heavy atom. The Bertz CT molecular complexity index is 954. The molecule has 0 atom stereocenters. The minimum Gasteiger partial charge on any atom is -0.488 e. The molecule has 0 heterocycles. The monoisotopic (exact) mass is 497 g/mol. The third-order valence-corrected chi connectivity index (χ3v) is 5.30. The third kappa shape index (κ3) is 9.29. The van der Waals surface area contributed by atoms with E-state index in [9.17, 15) is 18.0 Å². The van der Waals surface area contributed by atoms with Gasteiger partial charge in [0.2, 0.25) is 0 Å². The van der Waals surface area contributed by atoms with Crippen molar-refractivity contribution in [3.8, 4) is 11.5 Å². The quantitative estimate of drug-likeness (QED) is 0.327. The number of nitrogens with two attached hydrogens (primary N) is 1. The third-order valence-electron chi connectivity index (χ3n) is 5.30. The number of para-hydroxylation sites is 2. The summed E-state index contributed by atoms with van der Waals surface area (Å²) in [5.74, 6) is -0.210. The average molecular weight is 498 g/mol. The smallest absolute Gasteiger partial charge is 0.422 e. The predicted molar refractivity (Wildman–Crippen MR) is 129 cm³/mol. The van der Waals surface area contributed by atoms with E-state index in [0.29, 0.717) is 38.0 Å². The number of alkyl halides is 3. The van der Waals surface area contributed by atoms with Gasteiger partial charge in [0.05, 0.1) is 11.3 Å². The number of halogens is 3. The predicted octanol–water partition coefficient (Wildman–Crippen LogP) is 3.32. The highest BCUT2D eigenvalue weighted by Gasteiger charge is 2.29. The molecule has 2 rings (SSSR count). The Balaban J connectivity index is 1.91. The second-order valence-electron chi connectivity index (χ2n) is 8.07. The standard InChI is InChI=1S/C25H34F3N3O4/c1-3-19-15-18(16-20(24(29)33)23(19)31(2)12-6-13-32)9-10-30-11-14-34-21-7-4-5-8-22(21)35-17-25(26,27)28/h4-5,7-8,15-16,30,32H,3,6,9-14,17H2,1-2H3,(H2,29,33). The van der Waals surface area contributed by atoms with Crippen LogP contribution in [-0.2, 0) is 12.8 Å². The zero-order valence-electron chi connectivity index (χ0n) is 20.2. The summed E-state index contributed by atoms with van der Waals surface area (Å²) in [6.07, 6.45) is -2.46. The number of hydrogen-bond acceptors (Lipinski definition) is 6. The van der Waals surface area contributed by atoms with E-state index in [1.807, 2.05) is 18.9 Å². The van der Waals surface area contributed by atoms with Crippen LogP contribution in [0.5, 0.6) is 11.5 Å². The molecular formula is C25H34F3N3O4. The summed E-state index contributed by atoms with van der Waals surface area (Å²) in [4.78, 5) is 14.1. The Labute approximate surface area is 204 Å². The molecule has 0 aromatic heterocycles. The van der Waals surface area contributed by atoms with Gasteiger partial charge in [0.1, 0.15) is 6.61 Å². The van der Waals surface area contributed by atoms with Crippen LogP contribution in [0.15, 0.2) is 36.4 Å². The minimum atomic E-state index is -4.42. The first-order valence-electron chi connectivity index (χ1n) is 11.6. The first-order chi connectivity index (χ1) is 16.7. The molecule has 0 bridgehead atoms. The Morgan fingerprint density at radius 1 is 1.14 bits per heavy atom. The first-order valence-corrected chi connectivity index (χ1v) is 11.6. The van der Waals surface area contributed by atoms with Crippen LogP contribution in [0, 0.1) is 0 Å². The van der Waals surface area contributed by atoms with Crippen LogP contribution < -0.4 is 25.4 Å². The summed E-state index contributed by atoms with van der Waals surface area (Å²) in [6, 6.07) is 10.1. The van der Waals surface area contributed by atoms with Crippen molar-refractivity contribution in [3.05, 3.63) is 53.1 Å². The van der Waals surface area contributed by atoms with Crippen molar-refractivity contribution in [2.75, 3.05) is 51.4 Å². The normalized spacial score (nSPS) is 11.4. The van der Waals surface area contributed by atoms with Crippen molar-refractivity contribution in [3.63, 3.8) is 0 Å². The fourth-order valence-corrected chi connectivity index (χ4v) is 3.67. The van der Waals surface area contributed by atoms with E-state index in [1.54, 1.807) is 24.3 Å². The van der Waals surface area contributed by atoms with Gasteiger partial charge in [-0.1, -0.05) is 25.1 Å². The molecule has 0 aliphatic carbocycles. The number of carbonyl (C=O) groups is 1. The molecule has 0 spiro atoms. The van der Waals surface area contributed by atoms with E-state index in [-0.39, 0.29) is 24.7 Å². The second kappa shape index (κ2) is 13.8. The first kappa shape index (κ1) is 28.3. The van der Waals surface area contributed by atoms with E-state index >= 15 is 0 Å². The lowest BCUT2D eigenvalue weighted by Crippen LogP contribution is -2.26. The van der Waals surface area contributed by atoms with E-state index in [4.69, 9.17) is 20.3 Å². The maximum absolute atomic E-state index is 12.4. The largest absolute Gasteiger partial charge is 0.488 e. The van der Waals surface area contributed by atoms with Gasteiger partial charge in [-0.2, -0.15) is 13.2 Å². The molecule has 4 N–H and O–H groups in total. The van der Waals surface area contributed by atoms with Gasteiger partial charge in [-0.05, 0) is 55.1 Å². The fraction of sp³-hybridized carbons (Fsp3) is 0.480. The number of ether oxygens (including phenoxy) is 2. The molecule has 2 aromatic rings. The number of aliphatic hydroxyl groups excluding tert-OH is 1. The van der Waals surface area contributed by atoms with Crippen LogP contribution in [0.2, 0.25) is 0 Å². The van der Waals surface area contributed by atoms with Crippen molar-refractivity contribution < 1.29 is 32.5 Å². The number of amides is 1. The fourth-order valence-electron chi connectivity index (χ4n) is 3.67. The zero-order chi connectivity index (χ0) is 25.8. The van der Waals surface area contributed by atoms with Crippen LogP contribution in [0.25, 0.3) is 0 Å². The van der Waals surface area contributed by atoms with Gasteiger partial charge in [0, 0.05) is 26.7 Å². The second-order valence-corrected chi connectivity index (χ2v) is 8.07. The van der Waals surface area contributed by atoms with Crippen molar-refractivity contribution >= 4 is 11.6 Å². The number of nitrogens with one attached hydrogen (secondary N) is 1. The number of rotatable bonds is 15. The van der Waals surface area contributed by atoms with Gasteiger partial charge in [-0.3, -0.25) is 4.79 Å². The number of carbonyl (C=O) groups excluding carboxylic acids is 1. The van der Waals surface area contributed by atoms with Gasteiger partial charge in [-0.25, -0.2) is 0 Å². The summed E-state index contributed by atoms with van der Waals surface area (Å²) in [5, 5.41) is 12.4. The molecule has 0 fully saturated rings. The summed E-state index contributed by atoms with van der Waals surface area (Å²) >= 11 is 0. The molecule has 194 valence electrons. The number of aryl methyl sites for hydroxylation is 1. The highest BCUT2D eigenvalue weighted by Crippen LogP contribution is 2.29. The molecule has 0 aliphatic heterocycles. The molecule has 1 amide bonds. The van der Waals surface area contributed by atoms with Gasteiger partial charge in [0.25, 0.3) is 5.91 Å². The summed E-state index contributed by atoms with van der Waals surface area (Å²) < 4.78 is 47.6. The highest BCUT2D eigenvalue weighted by atomic mass is 19.4. The Hall–Kier alpha value is -2.98. The molecule has 2 aromatic carbocycles. The van der Waals surface area contributed by atoms with E-state index in [2.05, 4.69) is 11.4 Å². The molecule has 0 aliphatic rings. The number of nitrogens with zero attached hydrogens (tertiary/aromatic N) is 1. The van der Waals surface area contributed by atoms with Gasteiger partial charge in [-0.15, -0.1) is 0 Å². The number of primary amides is 1. The number of anilines is 1. The van der Waals surface area contributed by atoms with Crippen LogP contribution in [0.4, 0.5) is 18.9 Å². The van der Waals surface area contributed by atoms with Crippen LogP contribution in [-0.4, -0.2) is 63.7 Å². The van der Waals surface area contributed by atoms with Gasteiger partial charge < -0.3 is 30.5 Å². The molecular weight excluding hydrogens is 463 g/mol. The lowest BCUT2D eigenvalue weighted by atomic mass is 9.97. The van der Waals surface area contributed by atoms with E-state index in [0.717, 1.165) is 23.2 Å². The van der Waals surface area contributed by atoms with Crippen molar-refractivity contribution in [2.45, 2.75) is 32.4 Å². The van der Waals surface area contributed by atoms with E-state index in [1.165, 1.54) is 6.07 Å². The molecule has 0 radical (unpaired) electrons. The van der Waals surface area contributed by atoms with Crippen molar-refractivity contribution in [1.29, 1.82) is 0 Å². The number of aliphatic hydroxyl groups is 1. The average Bonchev–Trinajstić information content (AvgIpc) is 2.82. The maximum Gasteiger partial charge on any atom is 0.422 e. The molecule has 7 nitrogen and oxygen atoms in total. The van der Waals surface area contributed by atoms with Crippen molar-refractivity contribution in [2.24, 2.45) is 5.73 Å². The topological polar surface area (TPSA) is 97.0 Å². The van der Waals surface area contributed by atoms with Gasteiger partial charge >= 0.3 is 6.18 Å². The molecule has 35 heavy (non-hydrogen) atoms. The maximum atomic E-state index is 12.4. The van der Waals surface area contributed by atoms with Crippen LogP contribution in [0.1, 0.15) is 34.8 Å². The molecule has 10 heteroatoms. The minimum absolute atomic E-state index is 0.0416. The van der Waals surface area contributed by atoms with Crippen molar-refractivity contribution in [1.82, 2.24) is 5.32 Å². The summed E-state index contributed by atoms with van der Waals surface area (Å²) in [6.45, 7) is 2.63. The Kier molecular flexibility index (Phi) is 11.1. The molecule has 0 unspecified atom stereocenters. The number of hydrogen-bond donors (Lipinski definition) is 3. The molecule has 0 saturated carbocycles. The Morgan fingerprint density at radius 3 is 2.43 bits per heavy atom. The summed E-state index contributed by atoms with van der Waals surface area (Å²) in [5.41, 5.74) is 8.89. The van der Waals surface area contributed by atoms with E-state index < -0.39 is 18.7 Å². The zero-order valence-corrected chi connectivity index (χ0v) is 20.2. The highest BCUT2D eigenvalue weighted by molar-refractivity contribution is 5.99.